The molecule has 0 aromatic heterocycles. The van der Waals surface area contributed by atoms with Gasteiger partial charge < -0.3 is 9.84 Å². The van der Waals surface area contributed by atoms with Gasteiger partial charge in [0.25, 0.3) is 0 Å². The monoisotopic (exact) mass is 282 g/mol. The smallest absolute Gasteiger partial charge is 0.362 e. The van der Waals surface area contributed by atoms with Crippen LogP contribution >= 0.6 is 11.6 Å². The summed E-state index contributed by atoms with van der Waals surface area (Å²) >= 11 is 5.95. The fourth-order valence-electron chi connectivity index (χ4n) is 1.27. The maximum atomic E-state index is 11.5. The number of carbonyl (C=O) groups excluding carboxylic acids is 1. The standard InChI is InChI=1S/C13H15ClN2O3/c1-4-19-13(18)12(9(3)17)16-15-11-7-5-6-10(14)8(11)2/h5-7,17H,4H2,1-3H3. The molecular formula is C13H15ClN2O3. The Kier molecular flexibility index (Phi) is 5.51. The van der Waals surface area contributed by atoms with Crippen LogP contribution in [0.3, 0.4) is 0 Å². The number of ether oxygens (including phenoxy) is 1. The minimum absolute atomic E-state index is 0.196. The molecule has 1 aromatic rings. The Labute approximate surface area is 116 Å². The lowest BCUT2D eigenvalue weighted by molar-refractivity contribution is -0.138. The van der Waals surface area contributed by atoms with E-state index >= 15 is 0 Å². The van der Waals surface area contributed by atoms with Crippen LogP contribution in [0.1, 0.15) is 19.4 Å². The van der Waals surface area contributed by atoms with Crippen LogP contribution in [0.4, 0.5) is 5.69 Å². The van der Waals surface area contributed by atoms with Crippen molar-refractivity contribution >= 4 is 23.3 Å². The van der Waals surface area contributed by atoms with Gasteiger partial charge in [0, 0.05) is 5.02 Å². The molecule has 19 heavy (non-hydrogen) atoms. The van der Waals surface area contributed by atoms with Gasteiger partial charge in [0.15, 0.2) is 0 Å². The number of allylic oxidation sites excluding steroid dienone is 1. The molecule has 0 radical (unpaired) electrons. The molecule has 0 unspecified atom stereocenters. The summed E-state index contributed by atoms with van der Waals surface area (Å²) in [5, 5.41) is 17.6. The number of rotatable bonds is 4. The average Bonchev–Trinajstić information content (AvgIpc) is 2.34. The number of nitrogens with zero attached hydrogens (tertiary/aromatic N) is 2. The first-order valence-electron chi connectivity index (χ1n) is 5.71. The van der Waals surface area contributed by atoms with Gasteiger partial charge in [-0.25, -0.2) is 4.79 Å². The first-order chi connectivity index (χ1) is 8.97. The number of azo groups is 1. The summed E-state index contributed by atoms with van der Waals surface area (Å²) in [6, 6.07) is 5.17. The summed E-state index contributed by atoms with van der Waals surface area (Å²) in [5.74, 6) is -0.965. The number of benzene rings is 1. The van der Waals surface area contributed by atoms with Crippen LogP contribution in [-0.2, 0) is 9.53 Å². The summed E-state index contributed by atoms with van der Waals surface area (Å²) in [6.45, 7) is 4.99. The van der Waals surface area contributed by atoms with E-state index in [9.17, 15) is 9.90 Å². The number of halogens is 1. The predicted molar refractivity (Wildman–Crippen MR) is 72.7 cm³/mol. The second-order valence-corrected chi connectivity index (χ2v) is 4.15. The highest BCUT2D eigenvalue weighted by molar-refractivity contribution is 6.31. The van der Waals surface area contributed by atoms with E-state index in [2.05, 4.69) is 10.2 Å². The first-order valence-corrected chi connectivity index (χ1v) is 6.09. The van der Waals surface area contributed by atoms with Gasteiger partial charge in [0.1, 0.15) is 5.76 Å². The van der Waals surface area contributed by atoms with Gasteiger partial charge in [-0.05, 0) is 38.5 Å². The molecule has 0 aliphatic rings. The van der Waals surface area contributed by atoms with Crippen molar-refractivity contribution in [3.63, 3.8) is 0 Å². The first kappa shape index (κ1) is 15.2. The fraction of sp³-hybridized carbons (Fsp3) is 0.308. The fourth-order valence-corrected chi connectivity index (χ4v) is 1.44. The molecule has 1 aromatic carbocycles. The third-order valence-electron chi connectivity index (χ3n) is 2.31. The van der Waals surface area contributed by atoms with Crippen LogP contribution in [0.25, 0.3) is 0 Å². The van der Waals surface area contributed by atoms with Crippen LogP contribution in [0.2, 0.25) is 5.02 Å². The molecule has 102 valence electrons. The topological polar surface area (TPSA) is 71.2 Å². The van der Waals surface area contributed by atoms with Gasteiger partial charge >= 0.3 is 5.97 Å². The quantitative estimate of drug-likeness (QED) is 0.391. The van der Waals surface area contributed by atoms with E-state index in [4.69, 9.17) is 16.3 Å². The Hall–Kier alpha value is -1.88. The molecule has 0 aliphatic carbocycles. The highest BCUT2D eigenvalue weighted by Crippen LogP contribution is 2.26. The van der Waals surface area contributed by atoms with Gasteiger partial charge in [-0.3, -0.25) is 0 Å². The molecule has 0 fully saturated rings. The predicted octanol–water partition coefficient (Wildman–Crippen LogP) is 4.08. The normalized spacial score (nSPS) is 12.4. The second kappa shape index (κ2) is 6.89. The van der Waals surface area contributed by atoms with E-state index in [1.165, 1.54) is 6.92 Å². The molecule has 1 N–H and O–H groups in total. The minimum atomic E-state index is -0.717. The van der Waals surface area contributed by atoms with Crippen LogP contribution in [0.15, 0.2) is 39.9 Å². The molecule has 6 heteroatoms. The van der Waals surface area contributed by atoms with E-state index in [1.807, 2.05) is 0 Å². The number of aliphatic hydroxyl groups is 1. The third-order valence-corrected chi connectivity index (χ3v) is 2.72. The van der Waals surface area contributed by atoms with E-state index in [-0.39, 0.29) is 18.1 Å². The SMILES string of the molecule is CCOC(=O)C(N=Nc1cccc(Cl)c1C)=C(C)O. The minimum Gasteiger partial charge on any atom is -0.510 e. The van der Waals surface area contributed by atoms with E-state index < -0.39 is 5.97 Å². The van der Waals surface area contributed by atoms with Crippen molar-refractivity contribution in [1.82, 2.24) is 0 Å². The lowest BCUT2D eigenvalue weighted by atomic mass is 10.2. The van der Waals surface area contributed by atoms with Crippen LogP contribution in [0, 0.1) is 6.92 Å². The van der Waals surface area contributed by atoms with Crippen LogP contribution < -0.4 is 0 Å². The number of carbonyl (C=O) groups is 1. The maximum Gasteiger partial charge on any atom is 0.362 e. The van der Waals surface area contributed by atoms with Crippen molar-refractivity contribution in [3.05, 3.63) is 40.2 Å². The molecule has 0 saturated carbocycles. The molecule has 0 saturated heterocycles. The van der Waals surface area contributed by atoms with Crippen molar-refractivity contribution in [2.75, 3.05) is 6.61 Å². The summed E-state index contributed by atoms with van der Waals surface area (Å²) in [7, 11) is 0. The Morgan fingerprint density at radius 3 is 2.74 bits per heavy atom. The van der Waals surface area contributed by atoms with Gasteiger partial charge in [-0.2, -0.15) is 0 Å². The molecule has 0 spiro atoms. The van der Waals surface area contributed by atoms with Gasteiger partial charge in [0.05, 0.1) is 12.3 Å². The lowest BCUT2D eigenvalue weighted by Gasteiger charge is -2.03. The Bertz CT molecular complexity index is 535. The number of esters is 1. The van der Waals surface area contributed by atoms with Gasteiger partial charge in [0.2, 0.25) is 5.70 Å². The molecule has 0 atom stereocenters. The Balaban J connectivity index is 3.04. The maximum absolute atomic E-state index is 11.5. The molecule has 1 rings (SSSR count). The third kappa shape index (κ3) is 4.06. The van der Waals surface area contributed by atoms with E-state index in [0.717, 1.165) is 5.56 Å². The number of hydrogen-bond acceptors (Lipinski definition) is 5. The zero-order valence-corrected chi connectivity index (χ0v) is 11.7. The van der Waals surface area contributed by atoms with Crippen molar-refractivity contribution < 1.29 is 14.6 Å². The van der Waals surface area contributed by atoms with Crippen LogP contribution in [0.5, 0.6) is 0 Å². The molecule has 0 aliphatic heterocycles. The summed E-state index contributed by atoms with van der Waals surface area (Å²) < 4.78 is 4.77. The largest absolute Gasteiger partial charge is 0.510 e. The zero-order valence-electron chi connectivity index (χ0n) is 11.0. The summed E-state index contributed by atoms with van der Waals surface area (Å²) in [4.78, 5) is 11.5. The second-order valence-electron chi connectivity index (χ2n) is 3.74. The molecule has 5 nitrogen and oxygen atoms in total. The zero-order chi connectivity index (χ0) is 14.4. The van der Waals surface area contributed by atoms with Crippen molar-refractivity contribution in [2.45, 2.75) is 20.8 Å². The van der Waals surface area contributed by atoms with Gasteiger partial charge in [-0.15, -0.1) is 10.2 Å². The molecule has 0 amide bonds. The Morgan fingerprint density at radius 1 is 1.47 bits per heavy atom. The van der Waals surface area contributed by atoms with Crippen molar-refractivity contribution in [2.24, 2.45) is 10.2 Å². The lowest BCUT2D eigenvalue weighted by Crippen LogP contribution is -2.07. The summed E-state index contributed by atoms with van der Waals surface area (Å²) in [6.07, 6.45) is 0. The molecular weight excluding hydrogens is 268 g/mol. The molecule has 0 heterocycles. The Morgan fingerprint density at radius 2 is 2.16 bits per heavy atom. The van der Waals surface area contributed by atoms with E-state index in [1.54, 1.807) is 32.0 Å². The van der Waals surface area contributed by atoms with Gasteiger partial charge in [-0.1, -0.05) is 17.7 Å². The highest BCUT2D eigenvalue weighted by atomic mass is 35.5. The number of aliphatic hydroxyl groups excluding tert-OH is 1. The van der Waals surface area contributed by atoms with Crippen molar-refractivity contribution in [1.29, 1.82) is 0 Å². The van der Waals surface area contributed by atoms with E-state index in [0.29, 0.717) is 10.7 Å². The number of hydrogen-bond donors (Lipinski definition) is 1. The average molecular weight is 283 g/mol. The van der Waals surface area contributed by atoms with Crippen LogP contribution in [-0.4, -0.2) is 17.7 Å². The summed E-state index contributed by atoms with van der Waals surface area (Å²) in [5.41, 5.74) is 1.04. The van der Waals surface area contributed by atoms with Crippen molar-refractivity contribution in [3.8, 4) is 0 Å². The highest BCUT2D eigenvalue weighted by Gasteiger charge is 2.14. The molecule has 0 bridgehead atoms.